The van der Waals surface area contributed by atoms with Crippen molar-refractivity contribution in [2.24, 2.45) is 5.92 Å². The van der Waals surface area contributed by atoms with Crippen LogP contribution in [0.5, 0.6) is 0 Å². The van der Waals surface area contributed by atoms with E-state index in [0.717, 1.165) is 13.1 Å². The molecule has 2 saturated heterocycles. The third-order valence-corrected chi connectivity index (χ3v) is 4.16. The first-order chi connectivity index (χ1) is 9.29. The number of nitrogens with zero attached hydrogens (tertiary/aromatic N) is 4. The third-order valence-electron chi connectivity index (χ3n) is 4.16. The highest BCUT2D eigenvalue weighted by molar-refractivity contribution is 5.94. The minimum atomic E-state index is -0.0400. The van der Waals surface area contributed by atoms with E-state index in [1.165, 1.54) is 13.0 Å². The molecule has 19 heavy (non-hydrogen) atoms. The molecule has 98 valence electrons. The molecule has 1 N–H and O–H groups in total. The van der Waals surface area contributed by atoms with Crippen molar-refractivity contribution in [3.8, 4) is 0 Å². The number of amides is 1. The Morgan fingerprint density at radius 3 is 3.11 bits per heavy atom. The lowest BCUT2D eigenvalue weighted by Crippen LogP contribution is -2.43. The summed E-state index contributed by atoms with van der Waals surface area (Å²) in [6.45, 7) is 3.29. The van der Waals surface area contributed by atoms with Crippen molar-refractivity contribution in [1.29, 1.82) is 0 Å². The van der Waals surface area contributed by atoms with Gasteiger partial charge in [-0.3, -0.25) is 9.20 Å². The fraction of sp³-hybridized carbons (Fsp3) is 0.462. The zero-order valence-electron chi connectivity index (χ0n) is 10.5. The SMILES string of the molecule is O=C(NC1CN2CC[C@H]1C2)c1cnc2nccn2c1. The second kappa shape index (κ2) is 4.03. The number of rotatable bonds is 2. The molecule has 0 spiro atoms. The molecule has 6 heteroatoms. The van der Waals surface area contributed by atoms with Gasteiger partial charge in [-0.15, -0.1) is 0 Å². The first-order valence-corrected chi connectivity index (χ1v) is 6.61. The van der Waals surface area contributed by atoms with E-state index >= 15 is 0 Å². The molecule has 2 aliphatic heterocycles. The van der Waals surface area contributed by atoms with Crippen LogP contribution in [0.1, 0.15) is 16.8 Å². The third kappa shape index (κ3) is 1.79. The van der Waals surface area contributed by atoms with Crippen molar-refractivity contribution in [2.75, 3.05) is 19.6 Å². The summed E-state index contributed by atoms with van der Waals surface area (Å²) < 4.78 is 1.76. The summed E-state index contributed by atoms with van der Waals surface area (Å²) in [7, 11) is 0. The van der Waals surface area contributed by atoms with E-state index in [2.05, 4.69) is 20.2 Å². The van der Waals surface area contributed by atoms with Crippen LogP contribution in [0, 0.1) is 5.92 Å². The van der Waals surface area contributed by atoms with Crippen LogP contribution in [0.3, 0.4) is 0 Å². The quantitative estimate of drug-likeness (QED) is 0.832. The van der Waals surface area contributed by atoms with Gasteiger partial charge in [0.05, 0.1) is 5.56 Å². The highest BCUT2D eigenvalue weighted by atomic mass is 16.1. The lowest BCUT2D eigenvalue weighted by Gasteiger charge is -2.23. The predicted octanol–water partition coefficient (Wildman–Crippen LogP) is 0.163. The Balaban J connectivity index is 1.53. The fourth-order valence-corrected chi connectivity index (χ4v) is 3.13. The van der Waals surface area contributed by atoms with Gasteiger partial charge < -0.3 is 10.2 Å². The van der Waals surface area contributed by atoms with Crippen LogP contribution in [0.25, 0.3) is 5.78 Å². The highest BCUT2D eigenvalue weighted by Gasteiger charge is 2.38. The molecule has 4 heterocycles. The van der Waals surface area contributed by atoms with Crippen LogP contribution >= 0.6 is 0 Å². The molecular formula is C13H15N5O. The van der Waals surface area contributed by atoms with Crippen molar-refractivity contribution in [1.82, 2.24) is 24.6 Å². The van der Waals surface area contributed by atoms with Gasteiger partial charge in [-0.05, 0) is 18.9 Å². The van der Waals surface area contributed by atoms with Gasteiger partial charge in [-0.25, -0.2) is 9.97 Å². The molecule has 1 amide bonds. The van der Waals surface area contributed by atoms with Crippen molar-refractivity contribution in [3.63, 3.8) is 0 Å². The Bertz CT molecular complexity index is 637. The van der Waals surface area contributed by atoms with Crippen molar-refractivity contribution < 1.29 is 4.79 Å². The molecule has 0 radical (unpaired) electrons. The number of carbonyl (C=O) groups is 1. The summed E-state index contributed by atoms with van der Waals surface area (Å²) in [5.41, 5.74) is 0.586. The Morgan fingerprint density at radius 2 is 2.32 bits per heavy atom. The summed E-state index contributed by atoms with van der Waals surface area (Å²) >= 11 is 0. The average molecular weight is 257 g/mol. The Morgan fingerprint density at radius 1 is 1.37 bits per heavy atom. The van der Waals surface area contributed by atoms with Crippen LogP contribution in [0.2, 0.25) is 0 Å². The predicted molar refractivity (Wildman–Crippen MR) is 68.8 cm³/mol. The van der Waals surface area contributed by atoms with Crippen molar-refractivity contribution in [3.05, 3.63) is 30.4 Å². The number of hydrogen-bond acceptors (Lipinski definition) is 4. The Hall–Kier alpha value is -1.95. The molecule has 6 nitrogen and oxygen atoms in total. The molecule has 2 fully saturated rings. The summed E-state index contributed by atoms with van der Waals surface area (Å²) in [6, 6.07) is 0.291. The number of aromatic nitrogens is 3. The Kier molecular flexibility index (Phi) is 2.32. The summed E-state index contributed by atoms with van der Waals surface area (Å²) in [4.78, 5) is 22.9. The fourth-order valence-electron chi connectivity index (χ4n) is 3.13. The second-order valence-electron chi connectivity index (χ2n) is 5.37. The van der Waals surface area contributed by atoms with E-state index in [4.69, 9.17) is 0 Å². The van der Waals surface area contributed by atoms with Crippen LogP contribution in [-0.2, 0) is 0 Å². The number of imidazole rings is 1. The normalized spacial score (nSPS) is 28.9. The molecule has 2 bridgehead atoms. The smallest absolute Gasteiger partial charge is 0.254 e. The molecule has 0 saturated carbocycles. The Labute approximate surface area is 110 Å². The van der Waals surface area contributed by atoms with Gasteiger partial charge in [-0.2, -0.15) is 0 Å². The van der Waals surface area contributed by atoms with Gasteiger partial charge >= 0.3 is 0 Å². The topological polar surface area (TPSA) is 62.5 Å². The van der Waals surface area contributed by atoms with E-state index in [9.17, 15) is 4.79 Å². The van der Waals surface area contributed by atoms with E-state index in [1.54, 1.807) is 29.2 Å². The van der Waals surface area contributed by atoms with E-state index in [-0.39, 0.29) is 5.91 Å². The molecule has 2 aromatic rings. The van der Waals surface area contributed by atoms with E-state index in [0.29, 0.717) is 23.3 Å². The number of piperidine rings is 1. The van der Waals surface area contributed by atoms with Gasteiger partial charge in [0.2, 0.25) is 5.78 Å². The minimum Gasteiger partial charge on any atom is -0.348 e. The summed E-state index contributed by atoms with van der Waals surface area (Å²) in [5.74, 6) is 1.19. The van der Waals surface area contributed by atoms with Crippen LogP contribution in [-0.4, -0.2) is 50.9 Å². The summed E-state index contributed by atoms with van der Waals surface area (Å²) in [6.07, 6.45) is 8.03. The van der Waals surface area contributed by atoms with Crippen LogP contribution in [0.4, 0.5) is 0 Å². The van der Waals surface area contributed by atoms with Crippen LogP contribution in [0.15, 0.2) is 24.8 Å². The number of carbonyl (C=O) groups excluding carboxylic acids is 1. The molecule has 0 aliphatic carbocycles. The average Bonchev–Trinajstić information content (AvgIpc) is 3.13. The second-order valence-corrected chi connectivity index (χ2v) is 5.37. The van der Waals surface area contributed by atoms with Gasteiger partial charge in [0.15, 0.2) is 0 Å². The monoisotopic (exact) mass is 257 g/mol. The lowest BCUT2D eigenvalue weighted by atomic mass is 10.00. The maximum absolute atomic E-state index is 12.2. The molecule has 2 unspecified atom stereocenters. The minimum absolute atomic E-state index is 0.0400. The molecule has 2 aromatic heterocycles. The molecule has 3 atom stereocenters. The number of fused-ring (bicyclic) bond motifs is 3. The number of nitrogens with one attached hydrogen (secondary N) is 1. The molecule has 2 aliphatic rings. The standard InChI is InChI=1S/C13H15N5O/c19-12(16-11-8-17-3-1-9(11)6-17)10-5-15-13-14-2-4-18(13)7-10/h2,4-5,7,9,11H,1,3,6,8H2,(H,16,19)/t9-,11?/m0/s1. The van der Waals surface area contributed by atoms with Gasteiger partial charge in [-0.1, -0.05) is 0 Å². The zero-order valence-corrected chi connectivity index (χ0v) is 10.5. The molecule has 0 aromatic carbocycles. The first-order valence-electron chi connectivity index (χ1n) is 6.61. The van der Waals surface area contributed by atoms with Gasteiger partial charge in [0.25, 0.3) is 5.91 Å². The van der Waals surface area contributed by atoms with E-state index < -0.39 is 0 Å². The number of hydrogen-bond donors (Lipinski definition) is 1. The highest BCUT2D eigenvalue weighted by Crippen LogP contribution is 2.27. The molecular weight excluding hydrogens is 242 g/mol. The zero-order chi connectivity index (χ0) is 12.8. The van der Waals surface area contributed by atoms with E-state index in [1.807, 2.05) is 0 Å². The van der Waals surface area contributed by atoms with Crippen molar-refractivity contribution >= 4 is 11.7 Å². The maximum atomic E-state index is 12.2. The lowest BCUT2D eigenvalue weighted by molar-refractivity contribution is 0.0923. The van der Waals surface area contributed by atoms with Crippen molar-refractivity contribution in [2.45, 2.75) is 12.5 Å². The maximum Gasteiger partial charge on any atom is 0.254 e. The summed E-state index contributed by atoms with van der Waals surface area (Å²) in [5, 5.41) is 3.13. The van der Waals surface area contributed by atoms with Gasteiger partial charge in [0, 0.05) is 43.9 Å². The van der Waals surface area contributed by atoms with Crippen LogP contribution < -0.4 is 5.32 Å². The first kappa shape index (κ1) is 10.9. The molecule has 4 rings (SSSR count). The largest absolute Gasteiger partial charge is 0.348 e. The van der Waals surface area contributed by atoms with Gasteiger partial charge in [0.1, 0.15) is 0 Å².